The molecule has 3 aromatic rings. The normalized spacial score (nSPS) is 17.4. The zero-order valence-electron chi connectivity index (χ0n) is 21.5. The van der Waals surface area contributed by atoms with E-state index >= 15 is 0 Å². The Morgan fingerprint density at radius 1 is 0.763 bits per heavy atom. The fourth-order valence-electron chi connectivity index (χ4n) is 5.42. The van der Waals surface area contributed by atoms with Crippen LogP contribution in [0.4, 0.5) is 4.79 Å². The first-order chi connectivity index (χ1) is 18.6. The highest BCUT2D eigenvalue weighted by molar-refractivity contribution is 5.98. The van der Waals surface area contributed by atoms with E-state index in [-0.39, 0.29) is 25.5 Å². The lowest BCUT2D eigenvalue weighted by Gasteiger charge is -2.34. The van der Waals surface area contributed by atoms with Gasteiger partial charge in [-0.3, -0.25) is 9.69 Å². The van der Waals surface area contributed by atoms with Crippen LogP contribution in [0.5, 0.6) is 0 Å². The van der Waals surface area contributed by atoms with Gasteiger partial charge in [0.25, 0.3) is 0 Å². The molecular weight excluding hydrogens is 478 g/mol. The highest BCUT2D eigenvalue weighted by Crippen LogP contribution is 2.32. The average Bonchev–Trinajstić information content (AvgIpc) is 2.99. The summed E-state index contributed by atoms with van der Waals surface area (Å²) >= 11 is 0. The predicted octanol–water partition coefficient (Wildman–Crippen LogP) is 6.22. The van der Waals surface area contributed by atoms with Gasteiger partial charge in [-0.2, -0.15) is 0 Å². The standard InChI is InChI=1S/C32H33NO5/c34-30(26-17-15-25(16-18-26)24-11-5-2-6-12-24)22-37-31(35)29-19-27-13-7-8-14-28(27)20-33(29)32(36)38-21-23-9-3-1-4-10-23/h1,3-4,7-10,13-18,24,29H,2,5-6,11-12,19-22H2/t29-/m0/s1. The van der Waals surface area contributed by atoms with Crippen molar-refractivity contribution in [3.63, 3.8) is 0 Å². The number of rotatable bonds is 7. The summed E-state index contributed by atoms with van der Waals surface area (Å²) in [7, 11) is 0. The van der Waals surface area contributed by atoms with Crippen molar-refractivity contribution in [1.29, 1.82) is 0 Å². The summed E-state index contributed by atoms with van der Waals surface area (Å²) < 4.78 is 11.0. The third-order valence-corrected chi connectivity index (χ3v) is 7.62. The third-order valence-electron chi connectivity index (χ3n) is 7.62. The Morgan fingerprint density at radius 3 is 2.18 bits per heavy atom. The minimum atomic E-state index is -0.866. The maximum Gasteiger partial charge on any atom is 0.411 e. The van der Waals surface area contributed by atoms with Gasteiger partial charge in [-0.15, -0.1) is 0 Å². The Morgan fingerprint density at radius 2 is 1.45 bits per heavy atom. The van der Waals surface area contributed by atoms with E-state index in [1.165, 1.54) is 42.6 Å². The number of carbonyl (C=O) groups excluding carboxylic acids is 3. The number of nitrogens with zero attached hydrogens (tertiary/aromatic N) is 1. The highest BCUT2D eigenvalue weighted by atomic mass is 16.6. The molecule has 0 radical (unpaired) electrons. The summed E-state index contributed by atoms with van der Waals surface area (Å²) in [4.78, 5) is 40.4. The summed E-state index contributed by atoms with van der Waals surface area (Å²) in [5.74, 6) is -0.307. The number of hydrogen-bond acceptors (Lipinski definition) is 5. The topological polar surface area (TPSA) is 72.9 Å². The highest BCUT2D eigenvalue weighted by Gasteiger charge is 2.37. The molecule has 0 unspecified atom stereocenters. The second-order valence-electron chi connectivity index (χ2n) is 10.1. The molecule has 0 aromatic heterocycles. The Kier molecular flexibility index (Phi) is 8.17. The van der Waals surface area contributed by atoms with E-state index in [4.69, 9.17) is 9.47 Å². The molecular formula is C32H33NO5. The zero-order valence-corrected chi connectivity index (χ0v) is 21.5. The van der Waals surface area contributed by atoms with Crippen LogP contribution in [0, 0.1) is 0 Å². The van der Waals surface area contributed by atoms with Gasteiger partial charge in [0.2, 0.25) is 0 Å². The molecule has 1 aliphatic heterocycles. The first-order valence-electron chi connectivity index (χ1n) is 13.4. The monoisotopic (exact) mass is 511 g/mol. The molecule has 6 heteroatoms. The maximum atomic E-state index is 13.2. The van der Waals surface area contributed by atoms with Crippen LogP contribution in [-0.2, 0) is 33.8 Å². The van der Waals surface area contributed by atoms with Crippen LogP contribution in [-0.4, -0.2) is 35.4 Å². The molecule has 5 rings (SSSR count). The molecule has 1 heterocycles. The number of fused-ring (bicyclic) bond motifs is 1. The molecule has 38 heavy (non-hydrogen) atoms. The molecule has 2 aliphatic rings. The fraction of sp³-hybridized carbons (Fsp3) is 0.344. The molecule has 1 aliphatic carbocycles. The second-order valence-corrected chi connectivity index (χ2v) is 10.1. The van der Waals surface area contributed by atoms with Gasteiger partial charge in [0, 0.05) is 12.0 Å². The SMILES string of the molecule is O=C(COC(=O)[C@@H]1Cc2ccccc2CN1C(=O)OCc1ccccc1)c1ccc(C2CCCCC2)cc1. The van der Waals surface area contributed by atoms with Gasteiger partial charge in [-0.05, 0) is 41.0 Å². The third kappa shape index (κ3) is 6.13. The lowest BCUT2D eigenvalue weighted by Crippen LogP contribution is -2.49. The molecule has 1 fully saturated rings. The number of Topliss-reactive ketones (excluding diaryl/α,β-unsaturated/α-hetero) is 1. The van der Waals surface area contributed by atoms with Crippen molar-refractivity contribution in [1.82, 2.24) is 4.90 Å². The minimum Gasteiger partial charge on any atom is -0.456 e. The lowest BCUT2D eigenvalue weighted by molar-refractivity contribution is -0.149. The van der Waals surface area contributed by atoms with E-state index < -0.39 is 18.1 Å². The van der Waals surface area contributed by atoms with Crippen LogP contribution in [0.3, 0.4) is 0 Å². The van der Waals surface area contributed by atoms with E-state index in [9.17, 15) is 14.4 Å². The van der Waals surface area contributed by atoms with Crippen LogP contribution in [0.15, 0.2) is 78.9 Å². The van der Waals surface area contributed by atoms with Crippen LogP contribution in [0.2, 0.25) is 0 Å². The van der Waals surface area contributed by atoms with E-state index in [0.717, 1.165) is 16.7 Å². The molecule has 0 spiro atoms. The summed E-state index contributed by atoms with van der Waals surface area (Å²) in [5.41, 5.74) is 4.58. The Hall–Kier alpha value is -3.93. The Labute approximate surface area is 223 Å². The number of esters is 1. The molecule has 0 bridgehead atoms. The average molecular weight is 512 g/mol. The Balaban J connectivity index is 1.22. The molecule has 196 valence electrons. The van der Waals surface area contributed by atoms with Gasteiger partial charge >= 0.3 is 12.1 Å². The number of hydrogen-bond donors (Lipinski definition) is 0. The maximum absolute atomic E-state index is 13.2. The predicted molar refractivity (Wildman–Crippen MR) is 144 cm³/mol. The summed E-state index contributed by atoms with van der Waals surface area (Å²) in [5, 5.41) is 0. The van der Waals surface area contributed by atoms with Gasteiger partial charge in [0.1, 0.15) is 12.6 Å². The van der Waals surface area contributed by atoms with Crippen molar-refractivity contribution in [2.45, 2.75) is 63.6 Å². The van der Waals surface area contributed by atoms with Gasteiger partial charge in [-0.25, -0.2) is 9.59 Å². The van der Waals surface area contributed by atoms with E-state index in [1.54, 1.807) is 0 Å². The smallest absolute Gasteiger partial charge is 0.411 e. The van der Waals surface area contributed by atoms with Crippen molar-refractivity contribution < 1.29 is 23.9 Å². The second kappa shape index (κ2) is 12.1. The Bertz CT molecular complexity index is 1260. The van der Waals surface area contributed by atoms with E-state index in [2.05, 4.69) is 0 Å². The largest absolute Gasteiger partial charge is 0.456 e. The zero-order chi connectivity index (χ0) is 26.3. The van der Waals surface area contributed by atoms with Crippen molar-refractivity contribution in [2.75, 3.05) is 6.61 Å². The lowest BCUT2D eigenvalue weighted by atomic mass is 9.84. The number of amides is 1. The molecule has 1 saturated carbocycles. The van der Waals surface area contributed by atoms with Crippen LogP contribution >= 0.6 is 0 Å². The van der Waals surface area contributed by atoms with Gasteiger partial charge in [0.15, 0.2) is 12.4 Å². The van der Waals surface area contributed by atoms with Gasteiger partial charge < -0.3 is 9.47 Å². The van der Waals surface area contributed by atoms with Gasteiger partial charge in [-0.1, -0.05) is 98.1 Å². The molecule has 1 amide bonds. The number of benzene rings is 3. The van der Waals surface area contributed by atoms with Crippen molar-refractivity contribution in [3.05, 3.63) is 107 Å². The molecule has 6 nitrogen and oxygen atoms in total. The minimum absolute atomic E-state index is 0.106. The molecule has 3 aromatic carbocycles. The fourth-order valence-corrected chi connectivity index (χ4v) is 5.42. The number of ether oxygens (including phenoxy) is 2. The van der Waals surface area contributed by atoms with Crippen LogP contribution in [0.1, 0.15) is 70.6 Å². The van der Waals surface area contributed by atoms with Crippen molar-refractivity contribution in [2.24, 2.45) is 0 Å². The first-order valence-corrected chi connectivity index (χ1v) is 13.4. The van der Waals surface area contributed by atoms with E-state index in [1.807, 2.05) is 78.9 Å². The summed E-state index contributed by atoms with van der Waals surface area (Å²) in [6.45, 7) is -0.0261. The van der Waals surface area contributed by atoms with Crippen LogP contribution < -0.4 is 0 Å². The molecule has 0 N–H and O–H groups in total. The summed E-state index contributed by atoms with van der Waals surface area (Å²) in [6, 6.07) is 23.9. The molecule has 0 saturated heterocycles. The van der Waals surface area contributed by atoms with E-state index in [0.29, 0.717) is 17.9 Å². The summed E-state index contributed by atoms with van der Waals surface area (Å²) in [6.07, 6.45) is 5.91. The van der Waals surface area contributed by atoms with Gasteiger partial charge in [0.05, 0.1) is 6.54 Å². The first kappa shape index (κ1) is 25.7. The molecule has 1 atom stereocenters. The number of ketones is 1. The quantitative estimate of drug-likeness (QED) is 0.278. The number of carbonyl (C=O) groups is 3. The van der Waals surface area contributed by atoms with Crippen LogP contribution in [0.25, 0.3) is 0 Å². The van der Waals surface area contributed by atoms with Crippen molar-refractivity contribution in [3.8, 4) is 0 Å². The van der Waals surface area contributed by atoms with Crippen molar-refractivity contribution >= 4 is 17.8 Å².